The van der Waals surface area contributed by atoms with Gasteiger partial charge in [0.25, 0.3) is 0 Å². The summed E-state index contributed by atoms with van der Waals surface area (Å²) in [5, 5.41) is 9.87. The van der Waals surface area contributed by atoms with Crippen molar-refractivity contribution in [2.75, 3.05) is 32.9 Å². The highest BCUT2D eigenvalue weighted by Crippen LogP contribution is 2.44. The third-order valence-electron chi connectivity index (χ3n) is 6.74. The van der Waals surface area contributed by atoms with Crippen LogP contribution in [0.5, 0.6) is 0 Å². The molecule has 2 atom stereocenters. The molecule has 3 rings (SSSR count). The molecule has 0 aromatic heterocycles. The van der Waals surface area contributed by atoms with Crippen molar-refractivity contribution in [1.29, 1.82) is 0 Å². The maximum absolute atomic E-state index is 13.0. The van der Waals surface area contributed by atoms with Gasteiger partial charge in [0.2, 0.25) is 5.91 Å². The number of carbonyl (C=O) groups is 1. The van der Waals surface area contributed by atoms with E-state index in [1.165, 1.54) is 12.8 Å². The summed E-state index contributed by atoms with van der Waals surface area (Å²) in [4.78, 5) is 15.0. The largest absolute Gasteiger partial charge is 0.396 e. The Bertz CT molecular complexity index is 436. The van der Waals surface area contributed by atoms with E-state index in [2.05, 4.69) is 20.8 Å². The van der Waals surface area contributed by atoms with Crippen LogP contribution >= 0.6 is 0 Å². The summed E-state index contributed by atoms with van der Waals surface area (Å²) in [6.07, 6.45) is 5.38. The molecule has 0 aromatic rings. The fourth-order valence-electron chi connectivity index (χ4n) is 4.95. The summed E-state index contributed by atoms with van der Waals surface area (Å²) >= 11 is 0. The molecule has 4 nitrogen and oxygen atoms in total. The lowest BCUT2D eigenvalue weighted by Crippen LogP contribution is -2.44. The number of aliphatic hydroxyl groups excluding tert-OH is 1. The van der Waals surface area contributed by atoms with E-state index in [4.69, 9.17) is 4.74 Å². The second-order valence-electron chi connectivity index (χ2n) is 9.19. The Labute approximate surface area is 140 Å². The molecule has 3 aliphatic rings. The smallest absolute Gasteiger partial charge is 0.225 e. The summed E-state index contributed by atoms with van der Waals surface area (Å²) in [7, 11) is 0. The van der Waals surface area contributed by atoms with Crippen LogP contribution < -0.4 is 0 Å². The average Bonchev–Trinajstić information content (AvgIpc) is 2.93. The lowest BCUT2D eigenvalue weighted by atomic mass is 9.69. The van der Waals surface area contributed by atoms with Crippen molar-refractivity contribution < 1.29 is 14.6 Å². The van der Waals surface area contributed by atoms with Crippen LogP contribution in [0, 0.1) is 28.6 Å². The van der Waals surface area contributed by atoms with Crippen LogP contribution in [-0.4, -0.2) is 48.8 Å². The van der Waals surface area contributed by atoms with E-state index in [0.29, 0.717) is 30.4 Å². The summed E-state index contributed by atoms with van der Waals surface area (Å²) in [5.41, 5.74) is 0.158. The molecule has 0 aromatic carbocycles. The first-order chi connectivity index (χ1) is 10.9. The van der Waals surface area contributed by atoms with Crippen molar-refractivity contribution in [2.45, 2.75) is 52.9 Å². The highest BCUT2D eigenvalue weighted by Gasteiger charge is 2.50. The molecule has 1 saturated carbocycles. The van der Waals surface area contributed by atoms with E-state index in [0.717, 1.165) is 38.3 Å². The van der Waals surface area contributed by atoms with Gasteiger partial charge in [0.15, 0.2) is 0 Å². The van der Waals surface area contributed by atoms with Gasteiger partial charge in [-0.3, -0.25) is 4.79 Å². The van der Waals surface area contributed by atoms with Crippen LogP contribution in [0.15, 0.2) is 0 Å². The molecule has 1 aliphatic carbocycles. The number of hydrogen-bond acceptors (Lipinski definition) is 3. The maximum Gasteiger partial charge on any atom is 0.225 e. The second kappa shape index (κ2) is 6.36. The topological polar surface area (TPSA) is 49.8 Å². The minimum absolute atomic E-state index is 0.137. The van der Waals surface area contributed by atoms with Gasteiger partial charge < -0.3 is 14.7 Å². The van der Waals surface area contributed by atoms with E-state index in [9.17, 15) is 9.90 Å². The standard InChI is InChI=1S/C19H33NO3/c1-18(2,3)15-6-4-14(5-7-15)17(22)20-10-16-8-9-23-13-19(16,11-20)12-21/h14-16,21H,4-13H2,1-3H3/t14?,15?,16-,19+/m0/s1. The normalized spacial score (nSPS) is 38.4. The monoisotopic (exact) mass is 323 g/mol. The van der Waals surface area contributed by atoms with Gasteiger partial charge in [-0.05, 0) is 49.4 Å². The molecule has 0 bridgehead atoms. The van der Waals surface area contributed by atoms with Crippen molar-refractivity contribution in [2.24, 2.45) is 28.6 Å². The fourth-order valence-corrected chi connectivity index (χ4v) is 4.95. The quantitative estimate of drug-likeness (QED) is 0.850. The fraction of sp³-hybridized carbons (Fsp3) is 0.947. The zero-order valence-electron chi connectivity index (χ0n) is 15.0. The van der Waals surface area contributed by atoms with Crippen molar-refractivity contribution in [1.82, 2.24) is 4.90 Å². The zero-order chi connectivity index (χ0) is 16.7. The van der Waals surface area contributed by atoms with Gasteiger partial charge in [0.1, 0.15) is 0 Å². The van der Waals surface area contributed by atoms with E-state index in [1.54, 1.807) is 0 Å². The van der Waals surface area contributed by atoms with Crippen molar-refractivity contribution in [3.8, 4) is 0 Å². The Kier molecular flexibility index (Phi) is 4.76. The highest BCUT2D eigenvalue weighted by atomic mass is 16.5. The molecular weight excluding hydrogens is 290 g/mol. The maximum atomic E-state index is 13.0. The molecule has 2 saturated heterocycles. The molecule has 0 spiro atoms. The predicted octanol–water partition coefficient (Wildman–Crippen LogP) is 2.70. The first-order valence-electron chi connectivity index (χ1n) is 9.33. The first kappa shape index (κ1) is 17.2. The third kappa shape index (κ3) is 3.30. The molecule has 1 N–H and O–H groups in total. The zero-order valence-corrected chi connectivity index (χ0v) is 15.0. The minimum Gasteiger partial charge on any atom is -0.396 e. The molecular formula is C19H33NO3. The number of aliphatic hydroxyl groups is 1. The molecule has 3 fully saturated rings. The van der Waals surface area contributed by atoms with Gasteiger partial charge >= 0.3 is 0 Å². The van der Waals surface area contributed by atoms with E-state index >= 15 is 0 Å². The number of fused-ring (bicyclic) bond motifs is 1. The van der Waals surface area contributed by atoms with Crippen LogP contribution in [0.25, 0.3) is 0 Å². The highest BCUT2D eigenvalue weighted by molar-refractivity contribution is 5.79. The average molecular weight is 323 g/mol. The lowest BCUT2D eigenvalue weighted by molar-refractivity contribution is -0.136. The van der Waals surface area contributed by atoms with E-state index in [-0.39, 0.29) is 17.9 Å². The van der Waals surface area contributed by atoms with Crippen LogP contribution in [0.2, 0.25) is 0 Å². The Morgan fingerprint density at radius 1 is 1.22 bits per heavy atom. The van der Waals surface area contributed by atoms with Crippen LogP contribution in [-0.2, 0) is 9.53 Å². The van der Waals surface area contributed by atoms with Gasteiger partial charge in [-0.15, -0.1) is 0 Å². The number of carbonyl (C=O) groups excluding carboxylic acids is 1. The predicted molar refractivity (Wildman–Crippen MR) is 89.9 cm³/mol. The van der Waals surface area contributed by atoms with Gasteiger partial charge in [-0.1, -0.05) is 20.8 Å². The Hall–Kier alpha value is -0.610. The molecule has 2 aliphatic heterocycles. The molecule has 23 heavy (non-hydrogen) atoms. The van der Waals surface area contributed by atoms with Gasteiger partial charge in [-0.2, -0.15) is 0 Å². The Morgan fingerprint density at radius 2 is 1.91 bits per heavy atom. The summed E-state index contributed by atoms with van der Waals surface area (Å²) < 4.78 is 5.60. The molecule has 4 heteroatoms. The molecule has 1 amide bonds. The van der Waals surface area contributed by atoms with E-state index in [1.807, 2.05) is 4.90 Å². The molecule has 2 heterocycles. The van der Waals surface area contributed by atoms with Crippen LogP contribution in [0.1, 0.15) is 52.9 Å². The molecule has 0 radical (unpaired) electrons. The summed E-state index contributed by atoms with van der Waals surface area (Å²) in [6.45, 7) is 9.97. The molecule has 132 valence electrons. The lowest BCUT2D eigenvalue weighted by Gasteiger charge is -2.38. The number of hydrogen-bond donors (Lipinski definition) is 1. The van der Waals surface area contributed by atoms with Crippen molar-refractivity contribution >= 4 is 5.91 Å². The van der Waals surface area contributed by atoms with Gasteiger partial charge in [0.05, 0.1) is 13.2 Å². The number of rotatable bonds is 2. The second-order valence-corrected chi connectivity index (χ2v) is 9.19. The molecule has 0 unspecified atom stereocenters. The Morgan fingerprint density at radius 3 is 2.48 bits per heavy atom. The van der Waals surface area contributed by atoms with E-state index < -0.39 is 0 Å². The summed E-state index contributed by atoms with van der Waals surface area (Å²) in [6, 6.07) is 0. The van der Waals surface area contributed by atoms with Gasteiger partial charge in [0, 0.05) is 31.0 Å². The Balaban J connectivity index is 1.60. The van der Waals surface area contributed by atoms with Gasteiger partial charge in [-0.25, -0.2) is 0 Å². The SMILES string of the molecule is CC(C)(C)C1CCC(C(=O)N2C[C@@H]3CCOC[C@]3(CO)C2)CC1. The van der Waals surface area contributed by atoms with Crippen molar-refractivity contribution in [3.63, 3.8) is 0 Å². The number of amides is 1. The van der Waals surface area contributed by atoms with Crippen molar-refractivity contribution in [3.05, 3.63) is 0 Å². The minimum atomic E-state index is -0.198. The first-order valence-corrected chi connectivity index (χ1v) is 9.33. The number of likely N-dealkylation sites (tertiary alicyclic amines) is 1. The van der Waals surface area contributed by atoms with Crippen LogP contribution in [0.3, 0.4) is 0 Å². The van der Waals surface area contributed by atoms with Crippen LogP contribution in [0.4, 0.5) is 0 Å². The number of ether oxygens (including phenoxy) is 1. The third-order valence-corrected chi connectivity index (χ3v) is 6.74. The summed E-state index contributed by atoms with van der Waals surface area (Å²) in [5.74, 6) is 1.69. The number of nitrogens with zero attached hydrogens (tertiary/aromatic N) is 1.